The Morgan fingerprint density at radius 1 is 1.17 bits per heavy atom. The van der Waals surface area contributed by atoms with Gasteiger partial charge >= 0.3 is 0 Å². The molecule has 6 heteroatoms. The molecular formula is C17H18Cl2N2O2. The summed E-state index contributed by atoms with van der Waals surface area (Å²) in [5, 5.41) is 4.52. The molecule has 0 amide bonds. The Hall–Kier alpha value is -1.78. The molecule has 0 aliphatic carbocycles. The molecule has 0 saturated heterocycles. The summed E-state index contributed by atoms with van der Waals surface area (Å²) in [6.07, 6.45) is 0.487. The van der Waals surface area contributed by atoms with E-state index in [-0.39, 0.29) is 11.0 Å². The quantitative estimate of drug-likeness (QED) is 0.864. The second kappa shape index (κ2) is 6.77. The average molecular weight is 353 g/mol. The van der Waals surface area contributed by atoms with E-state index in [1.807, 2.05) is 18.9 Å². The Kier molecular flexibility index (Phi) is 5.17. The van der Waals surface area contributed by atoms with Gasteiger partial charge < -0.3 is 15.1 Å². The Morgan fingerprint density at radius 3 is 2.52 bits per heavy atom. The van der Waals surface area contributed by atoms with Gasteiger partial charge in [-0.25, -0.2) is 0 Å². The van der Waals surface area contributed by atoms with Crippen LogP contribution in [-0.2, 0) is 16.6 Å². The number of rotatable bonds is 2. The van der Waals surface area contributed by atoms with E-state index in [4.69, 9.17) is 28.0 Å². The Bertz CT molecular complexity index is 785. The molecule has 1 aliphatic rings. The van der Waals surface area contributed by atoms with Crippen molar-refractivity contribution in [2.75, 3.05) is 11.9 Å². The monoisotopic (exact) mass is 352 g/mol. The van der Waals surface area contributed by atoms with Crippen LogP contribution in [0.15, 0.2) is 29.1 Å². The van der Waals surface area contributed by atoms with E-state index in [1.165, 1.54) is 0 Å². The average Bonchev–Trinajstić information content (AvgIpc) is 2.79. The molecule has 0 unspecified atom stereocenters. The number of H-pyrrole nitrogens is 1. The third kappa shape index (κ3) is 3.59. The van der Waals surface area contributed by atoms with E-state index in [9.17, 15) is 4.79 Å². The molecule has 1 aromatic carbocycles. The van der Waals surface area contributed by atoms with Gasteiger partial charge in [0.15, 0.2) is 0 Å². The Balaban J connectivity index is 0.000000924. The zero-order valence-electron chi connectivity index (χ0n) is 13.0. The van der Waals surface area contributed by atoms with Crippen molar-refractivity contribution < 1.29 is 4.79 Å². The first-order chi connectivity index (χ1) is 10.9. The number of benzene rings is 1. The van der Waals surface area contributed by atoms with Crippen LogP contribution < -0.4 is 10.9 Å². The molecule has 0 bridgehead atoms. The normalized spacial score (nSPS) is 14.4. The number of aromatic nitrogens is 1. The number of anilines is 1. The highest BCUT2D eigenvalue weighted by molar-refractivity contribution is 6.35. The maximum Gasteiger partial charge on any atom is 0.251 e. The van der Waals surface area contributed by atoms with Crippen LogP contribution >= 0.6 is 23.2 Å². The van der Waals surface area contributed by atoms with Crippen molar-refractivity contribution in [3.8, 4) is 0 Å². The summed E-state index contributed by atoms with van der Waals surface area (Å²) in [5.41, 5.74) is 3.45. The van der Waals surface area contributed by atoms with Crippen molar-refractivity contribution in [3.63, 3.8) is 0 Å². The van der Waals surface area contributed by atoms with Gasteiger partial charge in [-0.1, -0.05) is 43.1 Å². The molecule has 2 N–H and O–H groups in total. The maximum atomic E-state index is 12.3. The van der Waals surface area contributed by atoms with Gasteiger partial charge in [0, 0.05) is 39.7 Å². The van der Waals surface area contributed by atoms with E-state index in [2.05, 4.69) is 24.1 Å². The van der Waals surface area contributed by atoms with E-state index in [0.717, 1.165) is 23.5 Å². The fourth-order valence-electron chi connectivity index (χ4n) is 2.65. The van der Waals surface area contributed by atoms with Gasteiger partial charge in [0.25, 0.3) is 5.56 Å². The fraction of sp³-hybridized carbons (Fsp3) is 0.294. The van der Waals surface area contributed by atoms with Crippen LogP contribution in [0.4, 0.5) is 5.69 Å². The van der Waals surface area contributed by atoms with E-state index >= 15 is 0 Å². The second-order valence-electron chi connectivity index (χ2n) is 6.06. The van der Waals surface area contributed by atoms with Gasteiger partial charge in [-0.3, -0.25) is 4.79 Å². The predicted octanol–water partition coefficient (Wildman–Crippen LogP) is 3.79. The summed E-state index contributed by atoms with van der Waals surface area (Å²) < 4.78 is 0. The minimum atomic E-state index is -0.0588. The molecule has 2 heterocycles. The lowest BCUT2D eigenvalue weighted by molar-refractivity contribution is -0.0979. The molecule has 4 nitrogen and oxygen atoms in total. The molecule has 0 saturated carbocycles. The van der Waals surface area contributed by atoms with Gasteiger partial charge in [0.1, 0.15) is 6.79 Å². The predicted molar refractivity (Wildman–Crippen MR) is 95.0 cm³/mol. The van der Waals surface area contributed by atoms with Gasteiger partial charge in [-0.15, -0.1) is 0 Å². The molecule has 2 aromatic rings. The highest BCUT2D eigenvalue weighted by Crippen LogP contribution is 2.34. The number of carbonyl (C=O) groups is 1. The van der Waals surface area contributed by atoms with E-state index in [1.54, 1.807) is 12.1 Å². The standard InChI is InChI=1S/C16H16Cl2N2O.CH2O/c1-16(2)8-19-13-6-10(15(21)20-14(13)16)5-9-3-4-11(17)7-12(9)18;1-2/h3-4,6-7,19H,5,8H2,1-2H3,(H,20,21);1H2. The van der Waals surface area contributed by atoms with Crippen LogP contribution in [0, 0.1) is 0 Å². The summed E-state index contributed by atoms with van der Waals surface area (Å²) in [6, 6.07) is 7.26. The summed E-state index contributed by atoms with van der Waals surface area (Å²) in [6.45, 7) is 7.04. The van der Waals surface area contributed by atoms with Crippen molar-refractivity contribution in [2.24, 2.45) is 0 Å². The molecule has 23 heavy (non-hydrogen) atoms. The molecule has 1 aromatic heterocycles. The van der Waals surface area contributed by atoms with Crippen molar-refractivity contribution in [1.82, 2.24) is 4.98 Å². The summed E-state index contributed by atoms with van der Waals surface area (Å²) >= 11 is 12.1. The van der Waals surface area contributed by atoms with Crippen LogP contribution in [-0.4, -0.2) is 18.3 Å². The summed E-state index contributed by atoms with van der Waals surface area (Å²) in [4.78, 5) is 23.3. The molecule has 1 aliphatic heterocycles. The van der Waals surface area contributed by atoms with Gasteiger partial charge in [-0.05, 0) is 23.8 Å². The van der Waals surface area contributed by atoms with Crippen molar-refractivity contribution in [3.05, 3.63) is 61.5 Å². The molecule has 0 fully saturated rings. The number of hydrogen-bond acceptors (Lipinski definition) is 3. The lowest BCUT2D eigenvalue weighted by Gasteiger charge is -2.16. The van der Waals surface area contributed by atoms with E-state index < -0.39 is 0 Å². The van der Waals surface area contributed by atoms with Gasteiger partial charge in [0.05, 0.1) is 5.69 Å². The van der Waals surface area contributed by atoms with Crippen LogP contribution in [0.2, 0.25) is 10.0 Å². The topological polar surface area (TPSA) is 62.0 Å². The smallest absolute Gasteiger partial charge is 0.251 e. The maximum absolute atomic E-state index is 12.3. The molecule has 3 rings (SSSR count). The Labute approximate surface area is 144 Å². The zero-order chi connectivity index (χ0) is 17.2. The first kappa shape index (κ1) is 17.6. The van der Waals surface area contributed by atoms with Crippen LogP contribution in [0.1, 0.15) is 30.7 Å². The molecular weight excluding hydrogens is 335 g/mol. The van der Waals surface area contributed by atoms with Crippen LogP contribution in [0.3, 0.4) is 0 Å². The van der Waals surface area contributed by atoms with Crippen LogP contribution in [0.5, 0.6) is 0 Å². The highest BCUT2D eigenvalue weighted by atomic mass is 35.5. The number of nitrogens with one attached hydrogen (secondary N) is 2. The zero-order valence-corrected chi connectivity index (χ0v) is 14.5. The van der Waals surface area contributed by atoms with Gasteiger partial charge in [-0.2, -0.15) is 0 Å². The lowest BCUT2D eigenvalue weighted by Crippen LogP contribution is -2.23. The number of carbonyl (C=O) groups excluding carboxylic acids is 1. The van der Waals surface area contributed by atoms with Crippen LogP contribution in [0.25, 0.3) is 0 Å². The summed E-state index contributed by atoms with van der Waals surface area (Å²) in [7, 11) is 0. The van der Waals surface area contributed by atoms with Crippen molar-refractivity contribution >= 4 is 35.7 Å². The lowest BCUT2D eigenvalue weighted by atomic mass is 9.91. The first-order valence-corrected chi connectivity index (χ1v) is 7.86. The van der Waals surface area contributed by atoms with E-state index in [0.29, 0.717) is 22.0 Å². The summed E-state index contributed by atoms with van der Waals surface area (Å²) in [5.74, 6) is 0. The number of aromatic amines is 1. The van der Waals surface area contributed by atoms with Crippen molar-refractivity contribution in [1.29, 1.82) is 0 Å². The number of pyridine rings is 1. The van der Waals surface area contributed by atoms with Crippen molar-refractivity contribution in [2.45, 2.75) is 25.7 Å². The largest absolute Gasteiger partial charge is 0.383 e. The third-order valence-electron chi connectivity index (χ3n) is 3.91. The number of fused-ring (bicyclic) bond motifs is 1. The minimum absolute atomic E-state index is 0.0507. The minimum Gasteiger partial charge on any atom is -0.383 e. The number of hydrogen-bond donors (Lipinski definition) is 2. The second-order valence-corrected chi connectivity index (χ2v) is 6.91. The first-order valence-electron chi connectivity index (χ1n) is 7.10. The number of halogens is 2. The molecule has 122 valence electrons. The SMILES string of the molecule is C=O.CC1(C)CNc2cc(Cc3ccc(Cl)cc3Cl)c(=O)[nH]c21. The Morgan fingerprint density at radius 2 is 1.87 bits per heavy atom. The molecule has 0 radical (unpaired) electrons. The fourth-order valence-corrected chi connectivity index (χ4v) is 3.13. The van der Waals surface area contributed by atoms with Gasteiger partial charge in [0.2, 0.25) is 0 Å². The molecule has 0 atom stereocenters. The molecule has 0 spiro atoms. The third-order valence-corrected chi connectivity index (χ3v) is 4.50. The highest BCUT2D eigenvalue weighted by Gasteiger charge is 2.31.